The van der Waals surface area contributed by atoms with Gasteiger partial charge >= 0.3 is 6.18 Å². The van der Waals surface area contributed by atoms with Crippen LogP contribution in [0.5, 0.6) is 0 Å². The molecule has 7 heteroatoms. The van der Waals surface area contributed by atoms with Gasteiger partial charge in [0.05, 0.1) is 12.1 Å². The number of rotatable bonds is 4. The summed E-state index contributed by atoms with van der Waals surface area (Å²) in [4.78, 5) is 3.98. The van der Waals surface area contributed by atoms with Crippen molar-refractivity contribution >= 4 is 0 Å². The van der Waals surface area contributed by atoms with Gasteiger partial charge in [-0.3, -0.25) is 0 Å². The predicted molar refractivity (Wildman–Crippen MR) is 61.0 cm³/mol. The summed E-state index contributed by atoms with van der Waals surface area (Å²) in [5, 5.41) is 6.56. The molecule has 2 rings (SSSR count). The van der Waals surface area contributed by atoms with Gasteiger partial charge in [-0.05, 0) is 18.6 Å². The molecule has 0 aliphatic carbocycles. The van der Waals surface area contributed by atoms with E-state index in [0.29, 0.717) is 30.4 Å². The topological polar surface area (TPSA) is 51.0 Å². The van der Waals surface area contributed by atoms with E-state index in [-0.39, 0.29) is 0 Å². The molecule has 2 aromatic rings. The minimum Gasteiger partial charge on any atom is -0.338 e. The van der Waals surface area contributed by atoms with Gasteiger partial charge in [-0.1, -0.05) is 23.4 Å². The Kier molecular flexibility index (Phi) is 3.84. The van der Waals surface area contributed by atoms with Crippen molar-refractivity contribution in [1.29, 1.82) is 0 Å². The molecule has 0 saturated heterocycles. The first-order valence-electron chi connectivity index (χ1n) is 5.61. The highest BCUT2D eigenvalue weighted by Crippen LogP contribution is 2.29. The fourth-order valence-corrected chi connectivity index (χ4v) is 1.58. The Morgan fingerprint density at radius 2 is 2.05 bits per heavy atom. The van der Waals surface area contributed by atoms with Gasteiger partial charge in [0, 0.05) is 6.54 Å². The summed E-state index contributed by atoms with van der Waals surface area (Å²) in [6.45, 7) is 2.31. The van der Waals surface area contributed by atoms with Crippen LogP contribution in [0.25, 0.3) is 0 Å². The van der Waals surface area contributed by atoms with E-state index in [9.17, 15) is 13.2 Å². The van der Waals surface area contributed by atoms with E-state index in [4.69, 9.17) is 4.52 Å². The van der Waals surface area contributed by atoms with Gasteiger partial charge in [0.15, 0.2) is 5.82 Å². The zero-order valence-electron chi connectivity index (χ0n) is 10.2. The fraction of sp³-hybridized carbons (Fsp3) is 0.333. The van der Waals surface area contributed by atoms with Gasteiger partial charge in [-0.25, -0.2) is 0 Å². The second kappa shape index (κ2) is 5.40. The van der Waals surface area contributed by atoms with Crippen LogP contribution in [0.15, 0.2) is 28.8 Å². The Labute approximate surface area is 107 Å². The van der Waals surface area contributed by atoms with Crippen molar-refractivity contribution in [2.24, 2.45) is 0 Å². The molecule has 19 heavy (non-hydrogen) atoms. The van der Waals surface area contributed by atoms with Crippen LogP contribution in [-0.4, -0.2) is 10.1 Å². The quantitative estimate of drug-likeness (QED) is 0.928. The summed E-state index contributed by atoms with van der Waals surface area (Å²) >= 11 is 0. The van der Waals surface area contributed by atoms with Crippen molar-refractivity contribution in [2.75, 3.05) is 0 Å². The highest BCUT2D eigenvalue weighted by atomic mass is 19.4. The SMILES string of the molecule is Cc1noc(CNCc2cccc(C(F)(F)F)c2)n1. The summed E-state index contributed by atoms with van der Waals surface area (Å²) in [7, 11) is 0. The molecule has 0 atom stereocenters. The monoisotopic (exact) mass is 271 g/mol. The second-order valence-electron chi connectivity index (χ2n) is 4.04. The first-order chi connectivity index (χ1) is 8.95. The van der Waals surface area contributed by atoms with Crippen molar-refractivity contribution in [3.05, 3.63) is 47.1 Å². The van der Waals surface area contributed by atoms with Crippen LogP contribution in [0.2, 0.25) is 0 Å². The Balaban J connectivity index is 1.93. The number of hydrogen-bond acceptors (Lipinski definition) is 4. The minimum absolute atomic E-state index is 0.297. The van der Waals surface area contributed by atoms with Crippen LogP contribution < -0.4 is 5.32 Å². The molecule has 1 N–H and O–H groups in total. The van der Waals surface area contributed by atoms with E-state index in [1.54, 1.807) is 13.0 Å². The Morgan fingerprint density at radius 3 is 2.68 bits per heavy atom. The van der Waals surface area contributed by atoms with Crippen LogP contribution in [0.4, 0.5) is 13.2 Å². The predicted octanol–water partition coefficient (Wildman–Crippen LogP) is 2.69. The molecule has 1 aromatic heterocycles. The molecule has 0 bridgehead atoms. The van der Waals surface area contributed by atoms with E-state index in [1.165, 1.54) is 6.07 Å². The van der Waals surface area contributed by atoms with Gasteiger partial charge in [-0.2, -0.15) is 18.2 Å². The third kappa shape index (κ3) is 3.78. The summed E-state index contributed by atoms with van der Waals surface area (Å²) in [5.41, 5.74) is -0.105. The minimum atomic E-state index is -4.32. The third-order valence-corrected chi connectivity index (χ3v) is 2.43. The third-order valence-electron chi connectivity index (χ3n) is 2.43. The Hall–Kier alpha value is -1.89. The molecular formula is C12H12F3N3O. The maximum Gasteiger partial charge on any atom is 0.416 e. The smallest absolute Gasteiger partial charge is 0.338 e. The molecule has 0 saturated carbocycles. The molecule has 0 unspecified atom stereocenters. The maximum absolute atomic E-state index is 12.5. The van der Waals surface area contributed by atoms with Crippen molar-refractivity contribution < 1.29 is 17.7 Å². The van der Waals surface area contributed by atoms with Crippen molar-refractivity contribution in [2.45, 2.75) is 26.2 Å². The molecular weight excluding hydrogens is 259 g/mol. The summed E-state index contributed by atoms with van der Waals surface area (Å²) in [6, 6.07) is 5.18. The normalized spacial score (nSPS) is 11.8. The van der Waals surface area contributed by atoms with Crippen molar-refractivity contribution in [3.8, 4) is 0 Å². The van der Waals surface area contributed by atoms with Crippen LogP contribution >= 0.6 is 0 Å². The molecule has 0 amide bonds. The maximum atomic E-state index is 12.5. The van der Waals surface area contributed by atoms with Crippen LogP contribution in [-0.2, 0) is 19.3 Å². The summed E-state index contributed by atoms with van der Waals surface area (Å²) < 4.78 is 42.4. The van der Waals surface area contributed by atoms with E-state index in [0.717, 1.165) is 12.1 Å². The number of nitrogens with zero attached hydrogens (tertiary/aromatic N) is 2. The molecule has 1 aromatic carbocycles. The molecule has 0 fully saturated rings. The molecule has 4 nitrogen and oxygen atoms in total. The van der Waals surface area contributed by atoms with E-state index in [1.807, 2.05) is 0 Å². The van der Waals surface area contributed by atoms with Gasteiger partial charge in [0.1, 0.15) is 0 Å². The molecule has 0 aliphatic heterocycles. The number of hydrogen-bond donors (Lipinski definition) is 1. The zero-order valence-corrected chi connectivity index (χ0v) is 10.2. The highest BCUT2D eigenvalue weighted by Gasteiger charge is 2.30. The number of halogens is 3. The largest absolute Gasteiger partial charge is 0.416 e. The molecule has 1 heterocycles. The molecule has 0 aliphatic rings. The number of alkyl halides is 3. The van der Waals surface area contributed by atoms with E-state index < -0.39 is 11.7 Å². The lowest BCUT2D eigenvalue weighted by Gasteiger charge is -2.08. The Morgan fingerprint density at radius 1 is 1.26 bits per heavy atom. The highest BCUT2D eigenvalue weighted by molar-refractivity contribution is 5.25. The van der Waals surface area contributed by atoms with Crippen LogP contribution in [0.1, 0.15) is 22.8 Å². The number of benzene rings is 1. The van der Waals surface area contributed by atoms with E-state index >= 15 is 0 Å². The average molecular weight is 271 g/mol. The zero-order chi connectivity index (χ0) is 13.9. The lowest BCUT2D eigenvalue weighted by molar-refractivity contribution is -0.137. The molecule has 0 radical (unpaired) electrons. The number of aromatic nitrogens is 2. The first kappa shape index (κ1) is 13.5. The van der Waals surface area contributed by atoms with Crippen molar-refractivity contribution in [1.82, 2.24) is 15.5 Å². The number of aryl methyl sites for hydroxylation is 1. The number of nitrogens with one attached hydrogen (secondary N) is 1. The van der Waals surface area contributed by atoms with Gasteiger partial charge in [0.2, 0.25) is 5.89 Å². The van der Waals surface area contributed by atoms with Gasteiger partial charge < -0.3 is 9.84 Å². The molecule has 0 spiro atoms. The summed E-state index contributed by atoms with van der Waals surface area (Å²) in [6.07, 6.45) is -4.32. The first-order valence-corrected chi connectivity index (χ1v) is 5.61. The van der Waals surface area contributed by atoms with Gasteiger partial charge in [0.25, 0.3) is 0 Å². The second-order valence-corrected chi connectivity index (χ2v) is 4.04. The lowest BCUT2D eigenvalue weighted by atomic mass is 10.1. The van der Waals surface area contributed by atoms with Crippen LogP contribution in [0, 0.1) is 6.92 Å². The van der Waals surface area contributed by atoms with Crippen LogP contribution in [0.3, 0.4) is 0 Å². The fourth-order valence-electron chi connectivity index (χ4n) is 1.58. The Bertz CT molecular complexity index is 551. The van der Waals surface area contributed by atoms with Crippen molar-refractivity contribution in [3.63, 3.8) is 0 Å². The van der Waals surface area contributed by atoms with E-state index in [2.05, 4.69) is 15.5 Å². The average Bonchev–Trinajstić information content (AvgIpc) is 2.74. The van der Waals surface area contributed by atoms with Gasteiger partial charge in [-0.15, -0.1) is 0 Å². The summed E-state index contributed by atoms with van der Waals surface area (Å²) in [5.74, 6) is 0.931. The lowest BCUT2D eigenvalue weighted by Crippen LogP contribution is -2.14. The standard InChI is InChI=1S/C12H12F3N3O/c1-8-17-11(19-18-8)7-16-6-9-3-2-4-10(5-9)12(13,14)15/h2-5,16H,6-7H2,1H3. The molecule has 102 valence electrons.